The van der Waals surface area contributed by atoms with Crippen LogP contribution in [0.5, 0.6) is 0 Å². The fourth-order valence-corrected chi connectivity index (χ4v) is 3.68. The number of nitrogens with zero attached hydrogens (tertiary/aromatic N) is 2. The average molecular weight is 313 g/mol. The summed E-state index contributed by atoms with van der Waals surface area (Å²) in [4.78, 5) is 17.5. The highest BCUT2D eigenvalue weighted by Gasteiger charge is 2.18. The number of carbonyl (C=O) groups excluding carboxylic acids is 1. The van der Waals surface area contributed by atoms with E-state index in [1.54, 1.807) is 23.9 Å². The molecule has 0 unspecified atom stereocenters. The van der Waals surface area contributed by atoms with Gasteiger partial charge in [-0.25, -0.2) is 4.98 Å². The maximum atomic E-state index is 12.6. The Morgan fingerprint density at radius 3 is 2.91 bits per heavy atom. The van der Waals surface area contributed by atoms with Crippen LogP contribution in [-0.4, -0.2) is 21.5 Å². The number of benzene rings is 1. The van der Waals surface area contributed by atoms with Gasteiger partial charge in [0.2, 0.25) is 0 Å². The zero-order chi connectivity index (χ0) is 15.5. The third-order valence-electron chi connectivity index (χ3n) is 3.87. The molecule has 0 saturated carbocycles. The number of aryl methyl sites for hydroxylation is 1. The second kappa shape index (κ2) is 6.32. The molecule has 2 heterocycles. The van der Waals surface area contributed by atoms with Gasteiger partial charge in [-0.05, 0) is 30.4 Å². The molecule has 2 aromatic heterocycles. The molecule has 3 rings (SSSR count). The third-order valence-corrected chi connectivity index (χ3v) is 5.14. The first-order chi connectivity index (χ1) is 10.7. The topological polar surface area (TPSA) is 46.9 Å². The molecule has 0 aliphatic carbocycles. The standard InChI is InChI=1S/C17H19N3OS/c1-3-13(10-20-9-8-18-11-20)19-17(21)16-12(2)14-6-4-5-7-15(14)22-16/h4-9,11,13H,3,10H2,1-2H3,(H,19,21)/t13-/m1/s1. The molecule has 0 radical (unpaired) electrons. The van der Waals surface area contributed by atoms with Crippen molar-refractivity contribution in [2.45, 2.75) is 32.9 Å². The van der Waals surface area contributed by atoms with E-state index in [1.807, 2.05) is 29.8 Å². The zero-order valence-electron chi connectivity index (χ0n) is 12.7. The lowest BCUT2D eigenvalue weighted by Crippen LogP contribution is -2.37. The molecule has 1 amide bonds. The van der Waals surface area contributed by atoms with Gasteiger partial charge in [-0.15, -0.1) is 11.3 Å². The highest BCUT2D eigenvalue weighted by molar-refractivity contribution is 7.21. The Morgan fingerprint density at radius 2 is 2.23 bits per heavy atom. The second-order valence-electron chi connectivity index (χ2n) is 5.39. The Labute approximate surface area is 133 Å². The number of nitrogens with one attached hydrogen (secondary N) is 1. The van der Waals surface area contributed by atoms with Crippen LogP contribution in [0.3, 0.4) is 0 Å². The maximum absolute atomic E-state index is 12.6. The van der Waals surface area contributed by atoms with Gasteiger partial charge in [0.05, 0.1) is 11.2 Å². The van der Waals surface area contributed by atoms with Crippen LogP contribution in [0.4, 0.5) is 0 Å². The molecule has 0 aliphatic rings. The van der Waals surface area contributed by atoms with E-state index in [9.17, 15) is 4.79 Å². The summed E-state index contributed by atoms with van der Waals surface area (Å²) >= 11 is 1.56. The quantitative estimate of drug-likeness (QED) is 0.782. The van der Waals surface area contributed by atoms with Crippen molar-refractivity contribution in [2.24, 2.45) is 0 Å². The van der Waals surface area contributed by atoms with Crippen LogP contribution in [0.1, 0.15) is 28.6 Å². The van der Waals surface area contributed by atoms with E-state index in [2.05, 4.69) is 29.4 Å². The van der Waals surface area contributed by atoms with Gasteiger partial charge in [-0.3, -0.25) is 4.79 Å². The van der Waals surface area contributed by atoms with Crippen molar-refractivity contribution < 1.29 is 4.79 Å². The summed E-state index contributed by atoms with van der Waals surface area (Å²) in [5.74, 6) is 0.0191. The van der Waals surface area contributed by atoms with Crippen LogP contribution in [0, 0.1) is 6.92 Å². The van der Waals surface area contributed by atoms with Gasteiger partial charge in [0.15, 0.2) is 0 Å². The molecule has 4 nitrogen and oxygen atoms in total. The molecule has 1 aromatic carbocycles. The summed E-state index contributed by atoms with van der Waals surface area (Å²) in [7, 11) is 0. The molecule has 22 heavy (non-hydrogen) atoms. The van der Waals surface area contributed by atoms with E-state index >= 15 is 0 Å². The molecular weight excluding hydrogens is 294 g/mol. The van der Waals surface area contributed by atoms with Gasteiger partial charge in [0.25, 0.3) is 5.91 Å². The predicted molar refractivity (Wildman–Crippen MR) is 90.3 cm³/mol. The number of thiophene rings is 1. The van der Waals surface area contributed by atoms with Gasteiger partial charge < -0.3 is 9.88 Å². The van der Waals surface area contributed by atoms with Crippen LogP contribution in [0.2, 0.25) is 0 Å². The second-order valence-corrected chi connectivity index (χ2v) is 6.44. The molecule has 1 atom stereocenters. The van der Waals surface area contributed by atoms with Crippen LogP contribution in [0.15, 0.2) is 43.0 Å². The van der Waals surface area contributed by atoms with Crippen molar-refractivity contribution in [3.8, 4) is 0 Å². The molecule has 0 saturated heterocycles. The largest absolute Gasteiger partial charge is 0.347 e. The Bertz CT molecular complexity index is 776. The first kappa shape index (κ1) is 14.8. The highest BCUT2D eigenvalue weighted by atomic mass is 32.1. The van der Waals surface area contributed by atoms with Crippen molar-refractivity contribution in [2.75, 3.05) is 0 Å². The summed E-state index contributed by atoms with van der Waals surface area (Å²) in [5.41, 5.74) is 1.07. The van der Waals surface area contributed by atoms with Gasteiger partial charge in [0.1, 0.15) is 0 Å². The van der Waals surface area contributed by atoms with Crippen molar-refractivity contribution in [1.29, 1.82) is 0 Å². The minimum absolute atomic E-state index is 0.0191. The van der Waals surface area contributed by atoms with Crippen molar-refractivity contribution >= 4 is 27.3 Å². The first-order valence-corrected chi connectivity index (χ1v) is 8.25. The Morgan fingerprint density at radius 1 is 1.41 bits per heavy atom. The summed E-state index contributed by atoms with van der Waals surface area (Å²) in [6.45, 7) is 4.84. The van der Waals surface area contributed by atoms with E-state index in [-0.39, 0.29) is 11.9 Å². The van der Waals surface area contributed by atoms with Gasteiger partial charge in [-0.1, -0.05) is 25.1 Å². The summed E-state index contributed by atoms with van der Waals surface area (Å²) in [5, 5.41) is 4.31. The first-order valence-electron chi connectivity index (χ1n) is 7.43. The van der Waals surface area contributed by atoms with E-state index in [0.29, 0.717) is 0 Å². The van der Waals surface area contributed by atoms with Gasteiger partial charge >= 0.3 is 0 Å². The minimum atomic E-state index is 0.0191. The monoisotopic (exact) mass is 313 g/mol. The van der Waals surface area contributed by atoms with Crippen LogP contribution < -0.4 is 5.32 Å². The zero-order valence-corrected chi connectivity index (χ0v) is 13.6. The molecule has 1 N–H and O–H groups in total. The number of aromatic nitrogens is 2. The van der Waals surface area contributed by atoms with Crippen LogP contribution >= 0.6 is 11.3 Å². The van der Waals surface area contributed by atoms with Crippen LogP contribution in [-0.2, 0) is 6.54 Å². The fraction of sp³-hybridized carbons (Fsp3) is 0.294. The number of rotatable bonds is 5. The lowest BCUT2D eigenvalue weighted by atomic mass is 10.1. The number of fused-ring (bicyclic) bond motifs is 1. The molecule has 0 aliphatic heterocycles. The van der Waals surface area contributed by atoms with Crippen molar-refractivity contribution in [3.05, 3.63) is 53.4 Å². The number of amides is 1. The maximum Gasteiger partial charge on any atom is 0.261 e. The Kier molecular flexibility index (Phi) is 4.24. The average Bonchev–Trinajstić information content (AvgIpc) is 3.15. The molecular formula is C17H19N3OS. The predicted octanol–water partition coefficient (Wildman–Crippen LogP) is 3.61. The SMILES string of the molecule is CC[C@H](Cn1ccnc1)NC(=O)c1sc2ccccc2c1C. The van der Waals surface area contributed by atoms with Crippen molar-refractivity contribution in [3.63, 3.8) is 0 Å². The molecule has 0 spiro atoms. The summed E-state index contributed by atoms with van der Waals surface area (Å²) < 4.78 is 3.15. The van der Waals surface area contributed by atoms with Crippen LogP contribution in [0.25, 0.3) is 10.1 Å². The fourth-order valence-electron chi connectivity index (χ4n) is 2.57. The van der Waals surface area contributed by atoms with Crippen molar-refractivity contribution in [1.82, 2.24) is 14.9 Å². The van der Waals surface area contributed by atoms with E-state index < -0.39 is 0 Å². The van der Waals surface area contributed by atoms with E-state index in [1.165, 1.54) is 5.39 Å². The Balaban J connectivity index is 1.78. The van der Waals surface area contributed by atoms with Gasteiger partial charge in [0, 0.05) is 29.7 Å². The number of hydrogen-bond acceptors (Lipinski definition) is 3. The smallest absolute Gasteiger partial charge is 0.261 e. The number of imidazole rings is 1. The molecule has 5 heteroatoms. The third kappa shape index (κ3) is 2.90. The normalized spacial score (nSPS) is 12.5. The Hall–Kier alpha value is -2.14. The minimum Gasteiger partial charge on any atom is -0.347 e. The van der Waals surface area contributed by atoms with E-state index in [0.717, 1.165) is 28.1 Å². The van der Waals surface area contributed by atoms with Gasteiger partial charge in [-0.2, -0.15) is 0 Å². The van der Waals surface area contributed by atoms with E-state index in [4.69, 9.17) is 0 Å². The molecule has 0 fully saturated rings. The highest BCUT2D eigenvalue weighted by Crippen LogP contribution is 2.30. The summed E-state index contributed by atoms with van der Waals surface area (Å²) in [6.07, 6.45) is 6.33. The lowest BCUT2D eigenvalue weighted by molar-refractivity contribution is 0.0935. The number of hydrogen-bond donors (Lipinski definition) is 1. The number of carbonyl (C=O) groups is 1. The summed E-state index contributed by atoms with van der Waals surface area (Å²) in [6, 6.07) is 8.25. The molecule has 0 bridgehead atoms. The molecule has 114 valence electrons. The lowest BCUT2D eigenvalue weighted by Gasteiger charge is -2.17. The molecule has 3 aromatic rings.